The number of hydrogen-bond acceptors (Lipinski definition) is 6. The molecule has 0 aromatic heterocycles. The predicted octanol–water partition coefficient (Wildman–Crippen LogP) is 5.32. The van der Waals surface area contributed by atoms with Crippen LogP contribution in [-0.4, -0.2) is 41.5 Å². The first kappa shape index (κ1) is 28.7. The van der Waals surface area contributed by atoms with Gasteiger partial charge in [-0.15, -0.1) is 0 Å². The summed E-state index contributed by atoms with van der Waals surface area (Å²) in [5, 5.41) is 21.5. The second kappa shape index (κ2) is 9.61. The number of phenolic OH excluding ortho intramolecular Hbond substituents is 1. The van der Waals surface area contributed by atoms with E-state index in [1.165, 1.54) is 25.3 Å². The van der Waals surface area contributed by atoms with E-state index >= 15 is 0 Å². The van der Waals surface area contributed by atoms with Crippen LogP contribution in [0.5, 0.6) is 5.75 Å². The van der Waals surface area contributed by atoms with Gasteiger partial charge in [-0.2, -0.15) is 26.3 Å². The summed E-state index contributed by atoms with van der Waals surface area (Å²) in [5.74, 6) is -8.56. The molecule has 7 nitrogen and oxygen atoms in total. The second-order valence-electron chi connectivity index (χ2n) is 10.2. The number of alkyl halides is 6. The van der Waals surface area contributed by atoms with E-state index in [4.69, 9.17) is 21.1 Å². The molecule has 2 heterocycles. The molecule has 0 bridgehead atoms. The number of ether oxygens (including phenoxy) is 2. The number of amides is 2. The second-order valence-corrected chi connectivity index (χ2v) is 10.6. The Hall–Kier alpha value is -2.87. The van der Waals surface area contributed by atoms with Gasteiger partial charge in [0.1, 0.15) is 5.75 Å². The van der Waals surface area contributed by atoms with E-state index in [2.05, 4.69) is 0 Å². The van der Waals surface area contributed by atoms with E-state index in [1.807, 2.05) is 0 Å². The molecule has 1 saturated carbocycles. The summed E-state index contributed by atoms with van der Waals surface area (Å²) in [6, 6.07) is 4.60. The molecule has 2 amide bonds. The van der Waals surface area contributed by atoms with Gasteiger partial charge in [-0.05, 0) is 48.7 Å². The fraction of sp³-hybridized carbons (Fsp3) is 0.462. The Bertz CT molecular complexity index is 1330. The summed E-state index contributed by atoms with van der Waals surface area (Å²) in [6.45, 7) is -0.116. The van der Waals surface area contributed by atoms with Crippen LogP contribution in [-0.2, 0) is 31.4 Å². The number of imide groups is 1. The number of methoxy groups -OCH3 is 1. The fourth-order valence-corrected chi connectivity index (χ4v) is 6.47. The lowest BCUT2D eigenvalue weighted by Crippen LogP contribution is -2.54. The largest absolute Gasteiger partial charge is 0.508 e. The van der Waals surface area contributed by atoms with Gasteiger partial charge in [0.25, 0.3) is 0 Å². The number of aromatic hydroxyl groups is 1. The highest BCUT2D eigenvalue weighted by Crippen LogP contribution is 2.59. The average Bonchev–Trinajstić information content (AvgIpc) is 3.32. The molecule has 2 aromatic carbocycles. The van der Waals surface area contributed by atoms with Crippen LogP contribution < -0.4 is 4.90 Å². The average molecular weight is 594 g/mol. The van der Waals surface area contributed by atoms with E-state index in [1.54, 1.807) is 0 Å². The van der Waals surface area contributed by atoms with Crippen LogP contribution in [0.4, 0.5) is 32.0 Å². The number of fused-ring (bicyclic) bond motifs is 3. The molecule has 2 aliphatic heterocycles. The normalized spacial score (nSPS) is 30.5. The van der Waals surface area contributed by atoms with E-state index in [-0.39, 0.29) is 36.3 Å². The number of carbonyl (C=O) groups excluding carboxylic acids is 2. The number of benzene rings is 2. The van der Waals surface area contributed by atoms with Gasteiger partial charge < -0.3 is 19.7 Å². The van der Waals surface area contributed by atoms with Gasteiger partial charge in [0.2, 0.25) is 11.8 Å². The van der Waals surface area contributed by atoms with Gasteiger partial charge in [-0.1, -0.05) is 17.7 Å². The van der Waals surface area contributed by atoms with Crippen molar-refractivity contribution >= 4 is 29.1 Å². The summed E-state index contributed by atoms with van der Waals surface area (Å²) >= 11 is 6.26. The highest BCUT2D eigenvalue weighted by Gasteiger charge is 2.67. The number of nitrogens with zero attached hydrogens (tertiary/aromatic N) is 1. The summed E-state index contributed by atoms with van der Waals surface area (Å²) < 4.78 is 92.2. The summed E-state index contributed by atoms with van der Waals surface area (Å²) in [6.07, 6.45) is -11.5. The Balaban J connectivity index is 1.57. The number of anilines is 1. The molecule has 3 fully saturated rings. The molecular weight excluding hydrogens is 572 g/mol. The van der Waals surface area contributed by atoms with Crippen molar-refractivity contribution in [2.75, 3.05) is 18.6 Å². The molecule has 2 saturated heterocycles. The highest BCUT2D eigenvalue weighted by atomic mass is 35.5. The van der Waals surface area contributed by atoms with Crippen LogP contribution >= 0.6 is 11.6 Å². The SMILES string of the molecule is COC[C@H]1C[C@@H]2C(=O)N(c3cc(C(F)(F)F)cc(C(F)(F)F)c3)C(=O)[C@@H]2[C@@H]2C[C@@H](c3ccc(O)cc3Cl)O[C@]12O. The molecule has 5 rings (SSSR count). The third kappa shape index (κ3) is 4.62. The molecule has 6 atom stereocenters. The molecule has 14 heteroatoms. The molecule has 0 unspecified atom stereocenters. The monoisotopic (exact) mass is 593 g/mol. The van der Waals surface area contributed by atoms with Gasteiger partial charge in [-0.25, -0.2) is 0 Å². The molecular formula is C26H22ClF6NO6. The van der Waals surface area contributed by atoms with Gasteiger partial charge in [-0.3, -0.25) is 14.5 Å². The van der Waals surface area contributed by atoms with Crippen molar-refractivity contribution in [1.82, 2.24) is 0 Å². The smallest absolute Gasteiger partial charge is 0.416 e. The zero-order valence-electron chi connectivity index (χ0n) is 20.6. The van der Waals surface area contributed by atoms with Crippen LogP contribution in [0.3, 0.4) is 0 Å². The molecule has 0 spiro atoms. The fourth-order valence-electron chi connectivity index (χ4n) is 6.17. The van der Waals surface area contributed by atoms with E-state index in [0.29, 0.717) is 22.6 Å². The number of rotatable bonds is 4. The van der Waals surface area contributed by atoms with Crippen LogP contribution in [0.1, 0.15) is 35.6 Å². The molecule has 2 aromatic rings. The lowest BCUT2D eigenvalue weighted by molar-refractivity contribution is -0.275. The highest BCUT2D eigenvalue weighted by molar-refractivity contribution is 6.31. The number of halogens is 7. The van der Waals surface area contributed by atoms with E-state index in [9.17, 15) is 46.1 Å². The molecule has 3 aliphatic rings. The molecule has 1 aliphatic carbocycles. The number of aliphatic hydroxyl groups is 1. The van der Waals surface area contributed by atoms with Gasteiger partial charge in [0.15, 0.2) is 5.79 Å². The standard InChI is InChI=1S/C26H22ClF6NO6/c1-39-10-13-7-17-21(18-9-20(40-24(13,18)38)16-3-2-15(35)8-19(16)27)23(37)34(22(17)36)14-5-11(25(28,29)30)4-12(6-14)26(31,32)33/h2-6,8,13,17-18,20-21,35,38H,7,9-10H2,1H3/t13-,17+,18+,20+,21+,24-/m1/s1. The third-order valence-electron chi connectivity index (χ3n) is 7.89. The lowest BCUT2D eigenvalue weighted by atomic mass is 9.64. The van der Waals surface area contributed by atoms with Crippen molar-refractivity contribution in [1.29, 1.82) is 0 Å². The Kier molecular flexibility index (Phi) is 6.88. The summed E-state index contributed by atoms with van der Waals surface area (Å²) in [4.78, 5) is 27.5. The minimum Gasteiger partial charge on any atom is -0.508 e. The van der Waals surface area contributed by atoms with Crippen LogP contribution in [0.25, 0.3) is 0 Å². The Labute approximate surface area is 228 Å². The quantitative estimate of drug-likeness (QED) is 0.368. The predicted molar refractivity (Wildman–Crippen MR) is 126 cm³/mol. The maximum atomic E-state index is 13.7. The lowest BCUT2D eigenvalue weighted by Gasteiger charge is -2.44. The first-order valence-corrected chi connectivity index (χ1v) is 12.5. The zero-order valence-corrected chi connectivity index (χ0v) is 21.3. The molecule has 216 valence electrons. The number of hydrogen-bond donors (Lipinski definition) is 2. The summed E-state index contributed by atoms with van der Waals surface area (Å²) in [5.41, 5.74) is -3.84. The third-order valence-corrected chi connectivity index (χ3v) is 8.22. The van der Waals surface area contributed by atoms with Crippen LogP contribution in [0.15, 0.2) is 36.4 Å². The first-order chi connectivity index (χ1) is 18.6. The van der Waals surface area contributed by atoms with Gasteiger partial charge in [0.05, 0.1) is 46.4 Å². The van der Waals surface area contributed by atoms with Crippen molar-refractivity contribution in [3.8, 4) is 5.75 Å². The molecule has 0 radical (unpaired) electrons. The maximum Gasteiger partial charge on any atom is 0.416 e. The van der Waals surface area contributed by atoms with Gasteiger partial charge in [0, 0.05) is 18.9 Å². The number of carbonyl (C=O) groups is 2. The van der Waals surface area contributed by atoms with Crippen molar-refractivity contribution in [2.45, 2.75) is 37.1 Å². The minimum absolute atomic E-state index is 0.0500. The zero-order chi connectivity index (χ0) is 29.4. The Morgan fingerprint density at radius 2 is 1.65 bits per heavy atom. The van der Waals surface area contributed by atoms with Crippen LogP contribution in [0.2, 0.25) is 5.02 Å². The molecule has 40 heavy (non-hydrogen) atoms. The van der Waals surface area contributed by atoms with Crippen molar-refractivity contribution in [3.05, 3.63) is 58.1 Å². The Morgan fingerprint density at radius 3 is 2.20 bits per heavy atom. The van der Waals surface area contributed by atoms with E-state index < -0.39 is 76.5 Å². The first-order valence-electron chi connectivity index (χ1n) is 12.1. The van der Waals surface area contributed by atoms with Gasteiger partial charge >= 0.3 is 12.4 Å². The maximum absolute atomic E-state index is 13.7. The van der Waals surface area contributed by atoms with Crippen molar-refractivity contribution in [2.24, 2.45) is 23.7 Å². The van der Waals surface area contributed by atoms with Crippen LogP contribution in [0, 0.1) is 23.7 Å². The van der Waals surface area contributed by atoms with E-state index in [0.717, 1.165) is 0 Å². The van der Waals surface area contributed by atoms with Crippen molar-refractivity contribution < 1.29 is 55.6 Å². The Morgan fingerprint density at radius 1 is 1.02 bits per heavy atom. The summed E-state index contributed by atoms with van der Waals surface area (Å²) in [7, 11) is 1.34. The minimum atomic E-state index is -5.19. The van der Waals surface area contributed by atoms with Crippen molar-refractivity contribution in [3.63, 3.8) is 0 Å². The molecule has 2 N–H and O–H groups in total. The number of phenols is 1. The topological polar surface area (TPSA) is 96.3 Å².